The summed E-state index contributed by atoms with van der Waals surface area (Å²) in [6.45, 7) is 3.50. The molecule has 0 saturated carbocycles. The zero-order chi connectivity index (χ0) is 22.5. The van der Waals surface area contributed by atoms with Crippen molar-refractivity contribution in [2.45, 2.75) is 38.0 Å². The lowest BCUT2D eigenvalue weighted by Crippen LogP contribution is -2.53. The van der Waals surface area contributed by atoms with Crippen molar-refractivity contribution in [3.63, 3.8) is 0 Å². The summed E-state index contributed by atoms with van der Waals surface area (Å²) in [5, 5.41) is 20.0. The molecule has 2 aromatic rings. The number of ether oxygens (including phenoxy) is 1. The van der Waals surface area contributed by atoms with Gasteiger partial charge in [0.25, 0.3) is 0 Å². The van der Waals surface area contributed by atoms with Gasteiger partial charge in [-0.05, 0) is 50.1 Å². The first-order valence-corrected chi connectivity index (χ1v) is 10.6. The van der Waals surface area contributed by atoms with Crippen LogP contribution in [0.4, 0.5) is 11.4 Å². The minimum Gasteiger partial charge on any atom is -0.495 e. The fourth-order valence-corrected chi connectivity index (χ4v) is 5.00. The molecular weight excluding hydrogens is 441 g/mol. The third-order valence-electron chi connectivity index (χ3n) is 6.00. The van der Waals surface area contributed by atoms with Crippen LogP contribution in [0.25, 0.3) is 0 Å². The number of hydrogen-bond acceptors (Lipinski definition) is 5. The Hall–Kier alpha value is -2.32. The number of benzene rings is 2. The van der Waals surface area contributed by atoms with Crippen LogP contribution in [0, 0.1) is 12.8 Å². The monoisotopic (exact) mass is 463 g/mol. The molecule has 2 aromatic carbocycles. The average molecular weight is 464 g/mol. The van der Waals surface area contributed by atoms with E-state index in [1.165, 1.54) is 7.11 Å². The second-order valence-electron chi connectivity index (χ2n) is 8.05. The fourth-order valence-electron chi connectivity index (χ4n) is 4.51. The summed E-state index contributed by atoms with van der Waals surface area (Å²) in [4.78, 5) is 26.8. The number of hydrogen-bond donors (Lipinski definition) is 4. The first kappa shape index (κ1) is 21.9. The number of methoxy groups -OCH3 is 1. The van der Waals surface area contributed by atoms with Crippen LogP contribution in [-0.2, 0) is 15.1 Å². The van der Waals surface area contributed by atoms with E-state index in [1.54, 1.807) is 31.2 Å². The largest absolute Gasteiger partial charge is 0.495 e. The number of aliphatic hydroxyl groups excluding tert-OH is 1. The normalized spacial score (nSPS) is 25.3. The minimum absolute atomic E-state index is 0.255. The SMILES string of the molecule is COc1ccc(Cl)cc1NC(=O)[C@H]1C[C@H]([C@@H](C)O)N[C@]12C(=O)Nc1c(Cl)cc(C)cc12. The lowest BCUT2D eigenvalue weighted by Gasteiger charge is -2.30. The van der Waals surface area contributed by atoms with Gasteiger partial charge >= 0.3 is 0 Å². The van der Waals surface area contributed by atoms with Crippen molar-refractivity contribution in [1.82, 2.24) is 5.32 Å². The molecule has 1 spiro atoms. The summed E-state index contributed by atoms with van der Waals surface area (Å²) in [5.74, 6) is -1.14. The number of carbonyl (C=O) groups excluding carboxylic acids is 2. The maximum absolute atomic E-state index is 13.5. The third-order valence-corrected chi connectivity index (χ3v) is 6.53. The molecule has 1 saturated heterocycles. The van der Waals surface area contributed by atoms with Crippen LogP contribution >= 0.6 is 23.2 Å². The average Bonchev–Trinajstić information content (AvgIpc) is 3.23. The van der Waals surface area contributed by atoms with Gasteiger partial charge in [-0.15, -0.1) is 0 Å². The van der Waals surface area contributed by atoms with Crippen molar-refractivity contribution < 1.29 is 19.4 Å². The topological polar surface area (TPSA) is 99.7 Å². The molecule has 0 radical (unpaired) electrons. The number of nitrogens with one attached hydrogen (secondary N) is 3. The summed E-state index contributed by atoms with van der Waals surface area (Å²) >= 11 is 12.5. The lowest BCUT2D eigenvalue weighted by atomic mass is 9.79. The van der Waals surface area contributed by atoms with E-state index in [1.807, 2.05) is 13.0 Å². The summed E-state index contributed by atoms with van der Waals surface area (Å²) < 4.78 is 5.32. The van der Waals surface area contributed by atoms with Gasteiger partial charge in [0.2, 0.25) is 11.8 Å². The zero-order valence-electron chi connectivity index (χ0n) is 17.3. The van der Waals surface area contributed by atoms with Crippen molar-refractivity contribution in [3.05, 3.63) is 51.5 Å². The highest BCUT2D eigenvalue weighted by molar-refractivity contribution is 6.35. The Morgan fingerprint density at radius 1 is 1.32 bits per heavy atom. The van der Waals surface area contributed by atoms with E-state index in [-0.39, 0.29) is 12.3 Å². The van der Waals surface area contributed by atoms with Crippen molar-refractivity contribution >= 4 is 46.4 Å². The number of halogens is 2. The van der Waals surface area contributed by atoms with E-state index in [9.17, 15) is 14.7 Å². The van der Waals surface area contributed by atoms with Crippen LogP contribution < -0.4 is 20.7 Å². The Morgan fingerprint density at radius 3 is 2.74 bits per heavy atom. The van der Waals surface area contributed by atoms with Crippen molar-refractivity contribution in [1.29, 1.82) is 0 Å². The molecule has 0 bridgehead atoms. The Labute approximate surface area is 190 Å². The van der Waals surface area contributed by atoms with Crippen LogP contribution in [-0.4, -0.2) is 36.2 Å². The second kappa shape index (κ2) is 7.98. The number of carbonyl (C=O) groups is 2. The first-order valence-electron chi connectivity index (χ1n) is 9.89. The Kier molecular flexibility index (Phi) is 5.64. The molecule has 0 aromatic heterocycles. The Bertz CT molecular complexity index is 1070. The predicted molar refractivity (Wildman–Crippen MR) is 120 cm³/mol. The van der Waals surface area contributed by atoms with Crippen LogP contribution in [0.2, 0.25) is 10.0 Å². The lowest BCUT2D eigenvalue weighted by molar-refractivity contribution is -0.130. The van der Waals surface area contributed by atoms with Gasteiger partial charge in [-0.25, -0.2) is 0 Å². The summed E-state index contributed by atoms with van der Waals surface area (Å²) in [6.07, 6.45) is -0.516. The van der Waals surface area contributed by atoms with Crippen LogP contribution in [0.3, 0.4) is 0 Å². The van der Waals surface area contributed by atoms with E-state index >= 15 is 0 Å². The van der Waals surface area contributed by atoms with E-state index in [4.69, 9.17) is 27.9 Å². The van der Waals surface area contributed by atoms with E-state index in [2.05, 4.69) is 16.0 Å². The van der Waals surface area contributed by atoms with E-state index < -0.39 is 29.5 Å². The van der Waals surface area contributed by atoms with Crippen molar-refractivity contribution in [2.24, 2.45) is 5.92 Å². The standard InChI is InChI=1S/C22H23Cl2N3O4/c1-10-6-13-19(15(24)7-10)26-21(30)22(13)14(9-16(27-22)11(2)28)20(29)25-17-8-12(23)4-5-18(17)31-3/h4-8,11,14,16,27-28H,9H2,1-3H3,(H,25,29)(H,26,30)/t11-,14-,16-,22+/m1/s1. The molecule has 31 heavy (non-hydrogen) atoms. The smallest absolute Gasteiger partial charge is 0.250 e. The van der Waals surface area contributed by atoms with Gasteiger partial charge in [0.15, 0.2) is 0 Å². The number of aryl methyl sites for hydroxylation is 1. The second-order valence-corrected chi connectivity index (χ2v) is 8.89. The highest BCUT2D eigenvalue weighted by Crippen LogP contribution is 2.50. The number of fused-ring (bicyclic) bond motifs is 2. The molecule has 9 heteroatoms. The quantitative estimate of drug-likeness (QED) is 0.556. The highest BCUT2D eigenvalue weighted by Gasteiger charge is 2.61. The molecule has 2 aliphatic heterocycles. The molecule has 164 valence electrons. The number of anilines is 2. The zero-order valence-corrected chi connectivity index (χ0v) is 18.8. The van der Waals surface area contributed by atoms with E-state index in [0.717, 1.165) is 5.56 Å². The van der Waals surface area contributed by atoms with E-state index in [0.29, 0.717) is 32.7 Å². The number of amides is 2. The number of aliphatic hydroxyl groups is 1. The molecule has 4 atom stereocenters. The van der Waals surface area contributed by atoms with Gasteiger partial charge in [-0.1, -0.05) is 29.3 Å². The Morgan fingerprint density at radius 2 is 2.06 bits per heavy atom. The van der Waals surface area contributed by atoms with Gasteiger partial charge in [0.05, 0.1) is 35.5 Å². The molecule has 4 N–H and O–H groups in total. The number of rotatable bonds is 4. The highest BCUT2D eigenvalue weighted by atomic mass is 35.5. The molecule has 2 amide bonds. The first-order chi connectivity index (χ1) is 14.7. The summed E-state index contributed by atoms with van der Waals surface area (Å²) in [7, 11) is 1.49. The Balaban J connectivity index is 1.79. The van der Waals surface area contributed by atoms with Crippen LogP contribution in [0.15, 0.2) is 30.3 Å². The molecule has 4 rings (SSSR count). The van der Waals surface area contributed by atoms with Crippen LogP contribution in [0.1, 0.15) is 24.5 Å². The molecule has 0 aliphatic carbocycles. The maximum atomic E-state index is 13.5. The predicted octanol–water partition coefficient (Wildman–Crippen LogP) is 3.46. The third kappa shape index (κ3) is 3.55. The molecule has 1 fully saturated rings. The minimum atomic E-state index is -1.36. The van der Waals surface area contributed by atoms with Crippen molar-refractivity contribution in [2.75, 3.05) is 17.7 Å². The van der Waals surface area contributed by atoms with Crippen molar-refractivity contribution in [3.8, 4) is 5.75 Å². The summed E-state index contributed by atoms with van der Waals surface area (Å²) in [5.41, 5.74) is 0.981. The molecular formula is C22H23Cl2N3O4. The van der Waals surface area contributed by atoms with Crippen LogP contribution in [0.5, 0.6) is 5.75 Å². The molecule has 7 nitrogen and oxygen atoms in total. The fraction of sp³-hybridized carbons (Fsp3) is 0.364. The van der Waals surface area contributed by atoms with Gasteiger partial charge in [-0.2, -0.15) is 0 Å². The van der Waals surface area contributed by atoms with Gasteiger partial charge in [0.1, 0.15) is 11.3 Å². The molecule has 2 aliphatic rings. The maximum Gasteiger partial charge on any atom is 0.250 e. The van der Waals surface area contributed by atoms with Gasteiger partial charge < -0.3 is 20.5 Å². The van der Waals surface area contributed by atoms with Gasteiger partial charge in [-0.3, -0.25) is 14.9 Å². The summed E-state index contributed by atoms with van der Waals surface area (Å²) in [6, 6.07) is 8.03. The molecule has 0 unspecified atom stereocenters. The van der Waals surface area contributed by atoms with Gasteiger partial charge in [0, 0.05) is 16.6 Å². The molecule has 2 heterocycles.